The van der Waals surface area contributed by atoms with E-state index in [2.05, 4.69) is 15.9 Å². The zero-order chi connectivity index (χ0) is 24.8. The van der Waals surface area contributed by atoms with Gasteiger partial charge in [-0.1, -0.05) is 12.1 Å². The minimum Gasteiger partial charge on any atom is -0.379 e. The number of amidine groups is 1. The van der Waals surface area contributed by atoms with Crippen LogP contribution in [0.15, 0.2) is 52.0 Å². The van der Waals surface area contributed by atoms with Gasteiger partial charge in [0.25, 0.3) is 0 Å². The Morgan fingerprint density at radius 2 is 1.97 bits per heavy atom. The highest BCUT2D eigenvalue weighted by Crippen LogP contribution is 2.38. The number of hydrogen-bond acceptors (Lipinski definition) is 4. The summed E-state index contributed by atoms with van der Waals surface area (Å²) in [6, 6.07) is 7.25. The van der Waals surface area contributed by atoms with Gasteiger partial charge in [0.05, 0.1) is 36.3 Å². The van der Waals surface area contributed by atoms with Crippen LogP contribution in [0.4, 0.5) is 22.0 Å². The molecule has 4 rings (SSSR count). The number of nitrogens with one attached hydrogen (secondary N) is 2. The van der Waals surface area contributed by atoms with Crippen molar-refractivity contribution in [2.24, 2.45) is 0 Å². The predicted octanol–water partition coefficient (Wildman–Crippen LogP) is 4.64. The lowest BCUT2D eigenvalue weighted by Gasteiger charge is -2.43. The van der Waals surface area contributed by atoms with Crippen molar-refractivity contribution in [2.45, 2.75) is 24.6 Å². The van der Waals surface area contributed by atoms with E-state index in [0.29, 0.717) is 11.9 Å². The van der Waals surface area contributed by atoms with E-state index in [9.17, 15) is 26.7 Å². The quantitative estimate of drug-likeness (QED) is 0.205. The molecule has 7 nitrogen and oxygen atoms in total. The van der Waals surface area contributed by atoms with Crippen molar-refractivity contribution in [1.29, 1.82) is 10.8 Å². The molecule has 180 valence electrons. The largest absolute Gasteiger partial charge is 0.418 e. The van der Waals surface area contributed by atoms with Crippen LogP contribution < -0.4 is 5.69 Å². The van der Waals surface area contributed by atoms with Crippen molar-refractivity contribution in [2.75, 3.05) is 13.2 Å². The summed E-state index contributed by atoms with van der Waals surface area (Å²) in [5.41, 5.74) is -2.05. The third kappa shape index (κ3) is 4.13. The lowest BCUT2D eigenvalue weighted by atomic mass is 9.75. The Labute approximate surface area is 197 Å². The molecule has 13 heteroatoms. The number of alkyl halides is 5. The van der Waals surface area contributed by atoms with Crippen LogP contribution in [-0.2, 0) is 16.3 Å². The summed E-state index contributed by atoms with van der Waals surface area (Å²) >= 11 is 3.00. The molecule has 0 atom stereocenters. The minimum atomic E-state index is -4.69. The zero-order valence-electron chi connectivity index (χ0n) is 17.2. The summed E-state index contributed by atoms with van der Waals surface area (Å²) in [5, 5.41) is 15.1. The van der Waals surface area contributed by atoms with Crippen LogP contribution in [0.25, 0.3) is 11.2 Å². The number of aromatic nitrogens is 2. The average Bonchev–Trinajstić information content (AvgIpc) is 3.06. The van der Waals surface area contributed by atoms with Crippen molar-refractivity contribution >= 4 is 33.6 Å². The van der Waals surface area contributed by atoms with Crippen molar-refractivity contribution in [1.82, 2.24) is 13.9 Å². The van der Waals surface area contributed by atoms with Gasteiger partial charge in [-0.05, 0) is 39.7 Å². The number of benzene rings is 1. The van der Waals surface area contributed by atoms with Crippen LogP contribution in [-0.4, -0.2) is 45.8 Å². The molecule has 0 amide bonds. The maximum Gasteiger partial charge on any atom is 0.418 e. The molecule has 1 aliphatic rings. The Bertz CT molecular complexity index is 1330. The van der Waals surface area contributed by atoms with Gasteiger partial charge in [-0.25, -0.2) is 4.79 Å². The van der Waals surface area contributed by atoms with E-state index >= 15 is 0 Å². The Balaban J connectivity index is 1.77. The summed E-state index contributed by atoms with van der Waals surface area (Å²) in [6.45, 7) is -2.82. The average molecular weight is 546 g/mol. The van der Waals surface area contributed by atoms with Gasteiger partial charge in [0.1, 0.15) is 5.84 Å². The van der Waals surface area contributed by atoms with Gasteiger partial charge < -0.3 is 4.74 Å². The Kier molecular flexibility index (Phi) is 6.10. The summed E-state index contributed by atoms with van der Waals surface area (Å²) in [6.07, 6.45) is -2.13. The molecule has 3 heterocycles. The van der Waals surface area contributed by atoms with Crippen molar-refractivity contribution in [3.63, 3.8) is 0 Å². The predicted molar refractivity (Wildman–Crippen MR) is 117 cm³/mol. The number of halogens is 6. The van der Waals surface area contributed by atoms with Crippen molar-refractivity contribution < 1.29 is 26.7 Å². The first-order valence-corrected chi connectivity index (χ1v) is 10.6. The number of ether oxygens (including phenoxy) is 1. The van der Waals surface area contributed by atoms with Gasteiger partial charge in [0.2, 0.25) is 0 Å². The second-order valence-electron chi connectivity index (χ2n) is 7.87. The smallest absolute Gasteiger partial charge is 0.379 e. The Hall–Kier alpha value is -3.06. The van der Waals surface area contributed by atoms with Crippen LogP contribution in [0.3, 0.4) is 0 Å². The lowest BCUT2D eigenvalue weighted by molar-refractivity contribution is -0.136. The fourth-order valence-electron chi connectivity index (χ4n) is 3.94. The molecule has 2 aromatic heterocycles. The number of nitrogens with zero attached hydrogens (tertiary/aromatic N) is 3. The number of imidazole rings is 1. The zero-order valence-corrected chi connectivity index (χ0v) is 18.8. The van der Waals surface area contributed by atoms with Gasteiger partial charge >= 0.3 is 18.4 Å². The van der Waals surface area contributed by atoms with Gasteiger partial charge in [-0.15, -0.1) is 0 Å². The van der Waals surface area contributed by atoms with Gasteiger partial charge in [-0.2, -0.15) is 22.0 Å². The monoisotopic (exact) mass is 545 g/mol. The first-order chi connectivity index (χ1) is 16.0. The van der Waals surface area contributed by atoms with Gasteiger partial charge in [0.15, 0.2) is 0 Å². The molecule has 1 saturated heterocycles. The van der Waals surface area contributed by atoms with Crippen molar-refractivity contribution in [3.8, 4) is 5.69 Å². The van der Waals surface area contributed by atoms with Crippen LogP contribution in [0.5, 0.6) is 0 Å². The maximum absolute atomic E-state index is 13.5. The maximum atomic E-state index is 13.5. The molecule has 0 saturated carbocycles. The van der Waals surface area contributed by atoms with E-state index in [1.807, 2.05) is 0 Å². The van der Waals surface area contributed by atoms with E-state index in [-0.39, 0.29) is 40.2 Å². The number of hydrogen-bond donors (Lipinski definition) is 2. The summed E-state index contributed by atoms with van der Waals surface area (Å²) in [5.74, 6) is -0.481. The van der Waals surface area contributed by atoms with E-state index < -0.39 is 35.2 Å². The standard InChI is InChI=1S/C21H17BrF5N5O2/c22-13-5-15(21(25,26)27)16-8-30(19(33)31(16)7-13)14-3-1-2-12(4-14)20(9-34-10-20)6-17(29)32(11-28)18(23)24/h1-5,7-8,11,18,28-29H,6,9-10H2. The van der Waals surface area contributed by atoms with Crippen LogP contribution in [0.2, 0.25) is 0 Å². The highest BCUT2D eigenvalue weighted by atomic mass is 79.9. The highest BCUT2D eigenvalue weighted by molar-refractivity contribution is 9.10. The lowest BCUT2D eigenvalue weighted by Crippen LogP contribution is -2.50. The molecule has 0 bridgehead atoms. The van der Waals surface area contributed by atoms with E-state index in [0.717, 1.165) is 21.2 Å². The fourth-order valence-corrected chi connectivity index (χ4v) is 4.37. The second-order valence-corrected chi connectivity index (χ2v) is 8.78. The van der Waals surface area contributed by atoms with Gasteiger partial charge in [-0.3, -0.25) is 24.7 Å². The SMILES string of the molecule is N=CN(C(=N)CC1(c2cccc(-n3cc4c(C(F)(F)F)cc(Br)cn4c3=O)c2)COC1)C(F)F. The minimum absolute atomic E-state index is 0.0831. The normalized spacial score (nSPS) is 15.4. The molecule has 34 heavy (non-hydrogen) atoms. The molecule has 1 aliphatic heterocycles. The third-order valence-corrected chi connectivity index (χ3v) is 6.13. The molecular weight excluding hydrogens is 529 g/mol. The summed E-state index contributed by atoms with van der Waals surface area (Å²) in [4.78, 5) is 13.2. The molecular formula is C21H17BrF5N5O2. The molecule has 2 N–H and O–H groups in total. The van der Waals surface area contributed by atoms with Crippen molar-refractivity contribution in [3.05, 3.63) is 68.8 Å². The van der Waals surface area contributed by atoms with E-state index in [1.165, 1.54) is 12.3 Å². The first kappa shape index (κ1) is 24.1. The molecule has 3 aromatic rings. The molecule has 0 aliphatic carbocycles. The first-order valence-electron chi connectivity index (χ1n) is 9.80. The summed E-state index contributed by atoms with van der Waals surface area (Å²) in [7, 11) is 0. The van der Waals surface area contributed by atoms with Crippen LogP contribution >= 0.6 is 15.9 Å². The number of pyridine rings is 1. The summed E-state index contributed by atoms with van der Waals surface area (Å²) < 4.78 is 74.1. The topological polar surface area (TPSA) is 86.6 Å². The van der Waals surface area contributed by atoms with E-state index in [1.54, 1.807) is 18.2 Å². The van der Waals surface area contributed by atoms with Crippen LogP contribution in [0.1, 0.15) is 17.5 Å². The molecule has 1 fully saturated rings. The fraction of sp³-hybridized carbons (Fsp3) is 0.286. The molecule has 0 radical (unpaired) electrons. The number of rotatable bonds is 6. The molecule has 0 unspecified atom stereocenters. The van der Waals surface area contributed by atoms with Gasteiger partial charge in [0, 0.05) is 28.7 Å². The molecule has 1 aromatic carbocycles. The number of fused-ring (bicyclic) bond motifs is 1. The molecule has 0 spiro atoms. The van der Waals surface area contributed by atoms with E-state index in [4.69, 9.17) is 15.6 Å². The highest BCUT2D eigenvalue weighted by Gasteiger charge is 2.43. The third-order valence-electron chi connectivity index (χ3n) is 5.70. The second kappa shape index (κ2) is 8.62. The Morgan fingerprint density at radius 1 is 1.26 bits per heavy atom. The Morgan fingerprint density at radius 3 is 2.53 bits per heavy atom. The van der Waals surface area contributed by atoms with Crippen LogP contribution in [0, 0.1) is 10.8 Å².